The molecule has 0 spiro atoms. The van der Waals surface area contributed by atoms with E-state index in [4.69, 9.17) is 0 Å². The van der Waals surface area contributed by atoms with E-state index in [2.05, 4.69) is 225 Å². The fourth-order valence-corrected chi connectivity index (χ4v) is 14.7. The lowest BCUT2D eigenvalue weighted by molar-refractivity contribution is 0.332. The Morgan fingerprint density at radius 2 is 0.757 bits per heavy atom. The number of rotatable bonds is 2. The van der Waals surface area contributed by atoms with Crippen LogP contribution in [0.4, 0.5) is 34.1 Å². The van der Waals surface area contributed by atoms with Gasteiger partial charge in [0.1, 0.15) is 0 Å². The number of hydrogen-bond donors (Lipinski definition) is 0. The summed E-state index contributed by atoms with van der Waals surface area (Å²) in [6, 6.07) is 40.4. The van der Waals surface area contributed by atoms with E-state index in [0.717, 1.165) is 0 Å². The number of nitrogens with zero attached hydrogens (tertiary/aromatic N) is 2. The minimum absolute atomic E-state index is 0.0515. The zero-order valence-electron chi connectivity index (χ0n) is 46.0. The molecule has 6 aromatic rings. The zero-order chi connectivity index (χ0) is 49.8. The summed E-state index contributed by atoms with van der Waals surface area (Å²) in [5.74, 6) is 0. The molecule has 360 valence electrons. The first-order chi connectivity index (χ1) is 32.5. The Kier molecular flexibility index (Phi) is 9.31. The van der Waals surface area contributed by atoms with Crippen LogP contribution < -0.4 is 26.2 Å². The van der Waals surface area contributed by atoms with Crippen molar-refractivity contribution in [2.45, 2.75) is 200 Å². The molecule has 0 atom stereocenters. The average Bonchev–Trinajstić information content (AvgIpc) is 3.52. The molecule has 0 aromatic heterocycles. The van der Waals surface area contributed by atoms with Gasteiger partial charge in [-0.3, -0.25) is 0 Å². The molecule has 2 aliphatic heterocycles. The number of hydrogen-bond acceptors (Lipinski definition) is 2. The molecule has 0 saturated carbocycles. The van der Waals surface area contributed by atoms with Gasteiger partial charge < -0.3 is 9.80 Å². The topological polar surface area (TPSA) is 6.48 Å². The molecular weight excluding hydrogens is 844 g/mol. The second kappa shape index (κ2) is 14.1. The summed E-state index contributed by atoms with van der Waals surface area (Å²) < 4.78 is 0. The van der Waals surface area contributed by atoms with Crippen LogP contribution in [0.1, 0.15) is 206 Å². The molecule has 0 N–H and O–H groups in total. The molecule has 0 unspecified atom stereocenters. The largest absolute Gasteiger partial charge is 0.311 e. The Labute approximate surface area is 422 Å². The normalized spacial score (nSPS) is 21.6. The lowest BCUT2D eigenvalue weighted by Crippen LogP contribution is -2.62. The van der Waals surface area contributed by atoms with Crippen LogP contribution in [0.2, 0.25) is 0 Å². The van der Waals surface area contributed by atoms with Gasteiger partial charge in [-0.15, -0.1) is 0 Å². The van der Waals surface area contributed by atoms with E-state index in [1.165, 1.54) is 150 Å². The van der Waals surface area contributed by atoms with Crippen molar-refractivity contribution in [1.29, 1.82) is 0 Å². The predicted molar refractivity (Wildman–Crippen MR) is 303 cm³/mol. The van der Waals surface area contributed by atoms with Crippen LogP contribution in [-0.4, -0.2) is 6.71 Å². The molecule has 0 saturated heterocycles. The summed E-state index contributed by atoms with van der Waals surface area (Å²) in [5, 5.41) is 0. The van der Waals surface area contributed by atoms with Gasteiger partial charge in [0.15, 0.2) is 0 Å². The molecule has 6 aliphatic rings. The van der Waals surface area contributed by atoms with Gasteiger partial charge in [-0.05, 0) is 203 Å². The van der Waals surface area contributed by atoms with E-state index >= 15 is 0 Å². The number of anilines is 6. The monoisotopic (exact) mass is 923 g/mol. The molecule has 0 fully saturated rings. The highest BCUT2D eigenvalue weighted by Gasteiger charge is 2.50. The molecule has 4 aliphatic carbocycles. The first kappa shape index (κ1) is 46.1. The minimum atomic E-state index is -0.106. The van der Waals surface area contributed by atoms with Crippen molar-refractivity contribution in [3.63, 3.8) is 0 Å². The van der Waals surface area contributed by atoms with Gasteiger partial charge in [0.2, 0.25) is 0 Å². The van der Waals surface area contributed by atoms with Crippen molar-refractivity contribution in [1.82, 2.24) is 0 Å². The van der Waals surface area contributed by atoms with Crippen LogP contribution in [0.25, 0.3) is 11.1 Å². The van der Waals surface area contributed by atoms with Crippen molar-refractivity contribution in [3.8, 4) is 11.1 Å². The highest BCUT2D eigenvalue weighted by atomic mass is 15.2. The Balaban J connectivity index is 1.23. The average molecular weight is 923 g/mol. The minimum Gasteiger partial charge on any atom is -0.311 e. The fraction of sp³-hybridized carbons (Fsp3) is 0.463. The van der Waals surface area contributed by atoms with Crippen molar-refractivity contribution in [3.05, 3.63) is 147 Å². The first-order valence-corrected chi connectivity index (χ1v) is 27.1. The molecule has 6 aromatic carbocycles. The zero-order valence-corrected chi connectivity index (χ0v) is 46.0. The summed E-state index contributed by atoms with van der Waals surface area (Å²) in [4.78, 5) is 5.49. The smallest absolute Gasteiger partial charge is 0.252 e. The Bertz CT molecular complexity index is 3250. The Morgan fingerprint density at radius 3 is 1.23 bits per heavy atom. The maximum absolute atomic E-state index is 2.76. The lowest BCUT2D eigenvalue weighted by atomic mass is 9.32. The van der Waals surface area contributed by atoms with Crippen LogP contribution in [0.3, 0.4) is 0 Å². The third kappa shape index (κ3) is 6.37. The molecular formula is C67H79BN2. The van der Waals surface area contributed by atoms with Crippen LogP contribution in [-0.2, 0) is 43.3 Å². The standard InChI is InChI=1S/C67H79BN2/c1-60(2,3)40-32-57-59-58(33-40)70(42-23-25-47-48(35-42)62(6,7)27-26-61(47,4)5)56-39-52-50(64(10,11)29-31-66(52,14)15)37-54(56)68(59)53-36-49-51(65(12,13)30-28-63(49,8)9)38-55(53)69(57)41-22-24-46-44(34-41)43-20-18-19-21-45(43)67(46,16)17/h18-25,32-39H,26-31H2,1-17H3. The molecule has 2 heterocycles. The Morgan fingerprint density at radius 1 is 0.371 bits per heavy atom. The summed E-state index contributed by atoms with van der Waals surface area (Å²) in [6.07, 6.45) is 7.13. The van der Waals surface area contributed by atoms with E-state index in [-0.39, 0.29) is 50.0 Å². The van der Waals surface area contributed by atoms with Gasteiger partial charge in [0, 0.05) is 39.5 Å². The highest BCUT2D eigenvalue weighted by molar-refractivity contribution is 7.00. The van der Waals surface area contributed by atoms with E-state index in [0.29, 0.717) is 0 Å². The third-order valence-corrected chi connectivity index (χ3v) is 19.8. The first-order valence-electron chi connectivity index (χ1n) is 27.1. The summed E-state index contributed by atoms with van der Waals surface area (Å²) in [7, 11) is 0. The third-order valence-electron chi connectivity index (χ3n) is 19.8. The van der Waals surface area contributed by atoms with Gasteiger partial charge in [0.05, 0.1) is 0 Å². The Hall–Kier alpha value is -5.02. The molecule has 0 amide bonds. The molecule has 12 rings (SSSR count). The quantitative estimate of drug-likeness (QED) is 0.159. The summed E-state index contributed by atoms with van der Waals surface area (Å²) in [5.41, 5.74) is 28.6. The number of fused-ring (bicyclic) bond motifs is 10. The van der Waals surface area contributed by atoms with Crippen LogP contribution >= 0.6 is 0 Å². The highest BCUT2D eigenvalue weighted by Crippen LogP contribution is 2.56. The lowest BCUT2D eigenvalue weighted by Gasteiger charge is -2.49. The van der Waals surface area contributed by atoms with Crippen LogP contribution in [0, 0.1) is 0 Å². The van der Waals surface area contributed by atoms with Crippen LogP contribution in [0.5, 0.6) is 0 Å². The molecule has 2 nitrogen and oxygen atoms in total. The van der Waals surface area contributed by atoms with Gasteiger partial charge in [-0.2, -0.15) is 0 Å². The molecule has 3 heteroatoms. The van der Waals surface area contributed by atoms with Crippen molar-refractivity contribution in [2.75, 3.05) is 9.80 Å². The van der Waals surface area contributed by atoms with Gasteiger partial charge in [0.25, 0.3) is 6.71 Å². The van der Waals surface area contributed by atoms with E-state index in [9.17, 15) is 0 Å². The maximum Gasteiger partial charge on any atom is 0.252 e. The SMILES string of the molecule is CC(C)(C)c1cc2c3c(c1)N(c1ccc4c(c1)C(C)(C)CCC4(C)C)c1cc4c(cc1B3c1cc3c(cc1N2c1ccc2c(c1)-c1ccccc1C2(C)C)C(C)(C)CCC3(C)C)C(C)(C)CCC4(C)C. The van der Waals surface area contributed by atoms with Gasteiger partial charge in [-0.1, -0.05) is 166 Å². The van der Waals surface area contributed by atoms with E-state index < -0.39 is 0 Å². The van der Waals surface area contributed by atoms with E-state index in [1.54, 1.807) is 0 Å². The van der Waals surface area contributed by atoms with Crippen molar-refractivity contribution in [2.24, 2.45) is 0 Å². The second-order valence-electron chi connectivity index (χ2n) is 28.6. The molecule has 70 heavy (non-hydrogen) atoms. The maximum atomic E-state index is 2.76. The summed E-state index contributed by atoms with van der Waals surface area (Å²) >= 11 is 0. The molecule has 0 bridgehead atoms. The molecule has 0 radical (unpaired) electrons. The van der Waals surface area contributed by atoms with E-state index in [1.807, 2.05) is 0 Å². The predicted octanol–water partition coefficient (Wildman–Crippen LogP) is 16.4. The van der Waals surface area contributed by atoms with Gasteiger partial charge in [-0.25, -0.2) is 0 Å². The summed E-state index contributed by atoms with van der Waals surface area (Å²) in [6.45, 7) is 42.1. The fourth-order valence-electron chi connectivity index (χ4n) is 14.7. The second-order valence-corrected chi connectivity index (χ2v) is 28.6. The number of benzene rings is 6. The van der Waals surface area contributed by atoms with Gasteiger partial charge >= 0.3 is 0 Å². The van der Waals surface area contributed by atoms with Crippen LogP contribution in [0.15, 0.2) is 97.1 Å². The van der Waals surface area contributed by atoms with Crippen molar-refractivity contribution < 1.29 is 0 Å². The van der Waals surface area contributed by atoms with Crippen molar-refractivity contribution >= 4 is 57.2 Å².